The molecule has 0 saturated heterocycles. The second kappa shape index (κ2) is 8.63. The van der Waals surface area contributed by atoms with Crippen LogP contribution >= 0.6 is 0 Å². The Kier molecular flexibility index (Phi) is 6.01. The number of hydrogen-bond acceptors (Lipinski definition) is 4. The number of fused-ring (bicyclic) bond motifs is 1. The number of anilines is 1. The lowest BCUT2D eigenvalue weighted by Gasteiger charge is -2.08. The highest BCUT2D eigenvalue weighted by molar-refractivity contribution is 5.94. The van der Waals surface area contributed by atoms with Gasteiger partial charge in [-0.25, -0.2) is 18.0 Å². The van der Waals surface area contributed by atoms with Crippen molar-refractivity contribution in [1.29, 1.82) is 0 Å². The Hall–Kier alpha value is -3.56. The van der Waals surface area contributed by atoms with E-state index >= 15 is 0 Å². The first-order valence-corrected chi connectivity index (χ1v) is 8.65. The molecule has 10 heteroatoms. The monoisotopic (exact) mass is 407 g/mol. The number of oxazole rings is 1. The molecule has 0 radical (unpaired) electrons. The fourth-order valence-corrected chi connectivity index (χ4v) is 2.71. The first-order chi connectivity index (χ1) is 13.9. The summed E-state index contributed by atoms with van der Waals surface area (Å²) < 4.78 is 46.0. The predicted molar refractivity (Wildman–Crippen MR) is 97.7 cm³/mol. The first-order valence-electron chi connectivity index (χ1n) is 8.65. The van der Waals surface area contributed by atoms with Crippen LogP contribution in [0.3, 0.4) is 0 Å². The number of carbonyl (C=O) groups excluding carboxylic acids is 2. The number of carbonyl (C=O) groups is 2. The van der Waals surface area contributed by atoms with E-state index in [1.165, 1.54) is 4.57 Å². The number of hydrogen-bond donors (Lipinski definition) is 2. The number of aromatic nitrogens is 1. The molecule has 2 aromatic carbocycles. The Morgan fingerprint density at radius 1 is 1.00 bits per heavy atom. The fourth-order valence-electron chi connectivity index (χ4n) is 2.71. The average molecular weight is 407 g/mol. The van der Waals surface area contributed by atoms with Crippen molar-refractivity contribution < 1.29 is 27.2 Å². The lowest BCUT2D eigenvalue weighted by molar-refractivity contribution is -0.124. The fraction of sp³-hybridized carbons (Fsp3) is 0.211. The van der Waals surface area contributed by atoms with Crippen LogP contribution in [0.5, 0.6) is 0 Å². The third-order valence-corrected chi connectivity index (χ3v) is 4.11. The smallest absolute Gasteiger partial charge is 0.408 e. The summed E-state index contributed by atoms with van der Waals surface area (Å²) in [6, 6.07) is 8.43. The molecule has 3 rings (SSSR count). The van der Waals surface area contributed by atoms with Crippen molar-refractivity contribution in [3.63, 3.8) is 0 Å². The molecule has 0 aliphatic carbocycles. The molecule has 1 heterocycles. The number of benzene rings is 2. The van der Waals surface area contributed by atoms with Crippen LogP contribution in [0.25, 0.3) is 11.1 Å². The van der Waals surface area contributed by atoms with Crippen molar-refractivity contribution in [1.82, 2.24) is 9.88 Å². The summed E-state index contributed by atoms with van der Waals surface area (Å²) in [4.78, 5) is 35.4. The van der Waals surface area contributed by atoms with Crippen LogP contribution in [0.2, 0.25) is 0 Å². The molecule has 0 aliphatic rings. The molecular formula is C19H16F3N3O4. The second-order valence-electron chi connectivity index (χ2n) is 6.14. The zero-order valence-electron chi connectivity index (χ0n) is 15.0. The Morgan fingerprint density at radius 3 is 2.55 bits per heavy atom. The molecule has 2 amide bonds. The van der Waals surface area contributed by atoms with Gasteiger partial charge in [0, 0.05) is 13.0 Å². The number of para-hydroxylation sites is 2. The quantitative estimate of drug-likeness (QED) is 0.589. The molecule has 2 N–H and O–H groups in total. The second-order valence-corrected chi connectivity index (χ2v) is 6.14. The summed E-state index contributed by atoms with van der Waals surface area (Å²) in [5.41, 5.74) is 0.531. The number of nitrogens with one attached hydrogen (secondary N) is 2. The molecule has 0 unspecified atom stereocenters. The molecule has 29 heavy (non-hydrogen) atoms. The normalized spacial score (nSPS) is 10.9. The average Bonchev–Trinajstić information content (AvgIpc) is 3.02. The molecule has 0 saturated carbocycles. The molecule has 1 aromatic heterocycles. The van der Waals surface area contributed by atoms with Crippen molar-refractivity contribution in [2.75, 3.05) is 11.9 Å². The summed E-state index contributed by atoms with van der Waals surface area (Å²) >= 11 is 0. The minimum Gasteiger partial charge on any atom is -0.408 e. The van der Waals surface area contributed by atoms with E-state index in [1.807, 2.05) is 5.32 Å². The summed E-state index contributed by atoms with van der Waals surface area (Å²) in [6.07, 6.45) is 0.341. The molecule has 0 fully saturated rings. The van der Waals surface area contributed by atoms with E-state index in [0.29, 0.717) is 23.6 Å². The highest BCUT2D eigenvalue weighted by Crippen LogP contribution is 2.19. The van der Waals surface area contributed by atoms with E-state index in [4.69, 9.17) is 4.42 Å². The Labute approximate surface area is 162 Å². The van der Waals surface area contributed by atoms with Crippen molar-refractivity contribution in [2.24, 2.45) is 0 Å². The lowest BCUT2D eigenvalue weighted by Crippen LogP contribution is -2.33. The molecular weight excluding hydrogens is 391 g/mol. The summed E-state index contributed by atoms with van der Waals surface area (Å²) in [6.45, 7) is -0.235. The van der Waals surface area contributed by atoms with Gasteiger partial charge in [-0.3, -0.25) is 14.2 Å². The van der Waals surface area contributed by atoms with Gasteiger partial charge in [0.05, 0.1) is 17.7 Å². The number of nitrogens with zero attached hydrogens (tertiary/aromatic N) is 1. The van der Waals surface area contributed by atoms with E-state index in [9.17, 15) is 27.6 Å². The van der Waals surface area contributed by atoms with Crippen molar-refractivity contribution in [2.45, 2.75) is 19.4 Å². The van der Waals surface area contributed by atoms with Gasteiger partial charge in [-0.2, -0.15) is 0 Å². The number of amides is 2. The zero-order valence-corrected chi connectivity index (χ0v) is 15.0. The topological polar surface area (TPSA) is 93.3 Å². The maximum Gasteiger partial charge on any atom is 0.419 e. The van der Waals surface area contributed by atoms with E-state index in [1.54, 1.807) is 24.3 Å². The number of rotatable bonds is 7. The molecule has 0 bridgehead atoms. The van der Waals surface area contributed by atoms with Crippen molar-refractivity contribution in [3.05, 3.63) is 64.4 Å². The van der Waals surface area contributed by atoms with Crippen LogP contribution in [0.4, 0.5) is 18.9 Å². The lowest BCUT2D eigenvalue weighted by atomic mass is 10.2. The molecule has 0 spiro atoms. The Balaban J connectivity index is 1.46. The van der Waals surface area contributed by atoms with E-state index in [2.05, 4.69) is 5.32 Å². The Bertz CT molecular complexity index is 1120. The van der Waals surface area contributed by atoms with E-state index < -0.39 is 47.3 Å². The third-order valence-electron chi connectivity index (χ3n) is 4.11. The van der Waals surface area contributed by atoms with Crippen LogP contribution in [0.15, 0.2) is 45.6 Å². The van der Waals surface area contributed by atoms with Gasteiger partial charge in [-0.05, 0) is 30.7 Å². The highest BCUT2D eigenvalue weighted by atomic mass is 19.2. The molecule has 3 aromatic rings. The molecule has 0 atom stereocenters. The summed E-state index contributed by atoms with van der Waals surface area (Å²) in [5, 5.41) is 4.37. The minimum atomic E-state index is -1.70. The van der Waals surface area contributed by atoms with Gasteiger partial charge in [0.15, 0.2) is 23.0 Å². The van der Waals surface area contributed by atoms with Gasteiger partial charge in [0.1, 0.15) is 0 Å². The first kappa shape index (κ1) is 20.2. The van der Waals surface area contributed by atoms with Crippen LogP contribution < -0.4 is 16.4 Å². The van der Waals surface area contributed by atoms with Gasteiger partial charge in [0.25, 0.3) is 0 Å². The molecule has 7 nitrogen and oxygen atoms in total. The van der Waals surface area contributed by atoms with Gasteiger partial charge < -0.3 is 15.1 Å². The SMILES string of the molecule is O=C(CCCn1c(=O)oc2ccccc21)NCC(=O)Nc1ccc(F)c(F)c1F. The molecule has 152 valence electrons. The standard InChI is InChI=1S/C19H16F3N3O4/c20-11-7-8-12(18(22)17(11)21)24-16(27)10-23-15(26)6-3-9-25-13-4-1-2-5-14(13)29-19(25)28/h1-2,4-5,7-8H,3,6,9-10H2,(H,23,26)(H,24,27). The van der Waals surface area contributed by atoms with Crippen LogP contribution in [-0.4, -0.2) is 22.9 Å². The number of halogens is 3. The highest BCUT2D eigenvalue weighted by Gasteiger charge is 2.15. The van der Waals surface area contributed by atoms with Crippen LogP contribution in [0.1, 0.15) is 12.8 Å². The minimum absolute atomic E-state index is 0.0266. The zero-order chi connectivity index (χ0) is 21.0. The van der Waals surface area contributed by atoms with Crippen molar-refractivity contribution in [3.8, 4) is 0 Å². The molecule has 0 aliphatic heterocycles. The summed E-state index contributed by atoms with van der Waals surface area (Å²) in [7, 11) is 0. The Morgan fingerprint density at radius 2 is 1.76 bits per heavy atom. The van der Waals surface area contributed by atoms with Crippen LogP contribution in [-0.2, 0) is 16.1 Å². The van der Waals surface area contributed by atoms with E-state index in [-0.39, 0.29) is 13.0 Å². The van der Waals surface area contributed by atoms with Crippen molar-refractivity contribution >= 4 is 28.6 Å². The largest absolute Gasteiger partial charge is 0.419 e. The van der Waals surface area contributed by atoms with Crippen LogP contribution in [0, 0.1) is 17.5 Å². The van der Waals surface area contributed by atoms with Gasteiger partial charge in [-0.15, -0.1) is 0 Å². The van der Waals surface area contributed by atoms with Gasteiger partial charge >= 0.3 is 5.76 Å². The van der Waals surface area contributed by atoms with Gasteiger partial charge in [0.2, 0.25) is 11.8 Å². The third kappa shape index (κ3) is 4.65. The summed E-state index contributed by atoms with van der Waals surface area (Å²) in [5.74, 6) is -6.40. The number of aryl methyl sites for hydroxylation is 1. The maximum atomic E-state index is 13.5. The van der Waals surface area contributed by atoms with E-state index in [0.717, 1.165) is 6.07 Å². The predicted octanol–water partition coefficient (Wildman–Crippen LogP) is 2.55. The van der Waals surface area contributed by atoms with Gasteiger partial charge in [-0.1, -0.05) is 12.1 Å². The maximum absolute atomic E-state index is 13.5.